The summed E-state index contributed by atoms with van der Waals surface area (Å²) in [5.74, 6) is 0.490. The number of fused-ring (bicyclic) bond motifs is 6. The molecule has 0 amide bonds. The Morgan fingerprint density at radius 2 is 1.11 bits per heavy atom. The predicted octanol–water partition coefficient (Wildman–Crippen LogP) is 12.1. The van der Waals surface area contributed by atoms with Crippen LogP contribution in [0.5, 0.6) is 0 Å². The van der Waals surface area contributed by atoms with Gasteiger partial charge in [-0.25, -0.2) is 0 Å². The fourth-order valence-corrected chi connectivity index (χ4v) is 7.42. The maximum Gasteiger partial charge on any atom is 0.00561 e. The molecule has 2 aliphatic rings. The molecule has 0 spiro atoms. The van der Waals surface area contributed by atoms with Crippen LogP contribution < -0.4 is 0 Å². The van der Waals surface area contributed by atoms with Crippen molar-refractivity contribution in [2.75, 3.05) is 0 Å². The van der Waals surface area contributed by atoms with E-state index in [1.165, 1.54) is 82.1 Å². The van der Waals surface area contributed by atoms with Crippen molar-refractivity contribution in [3.05, 3.63) is 175 Å². The molecule has 0 aromatic heterocycles. The fraction of sp³-hybridized carbons (Fsp3) is 0.0455. The number of hydrogen-bond donors (Lipinski definition) is 0. The van der Waals surface area contributed by atoms with Crippen LogP contribution in [0.25, 0.3) is 70.9 Å². The molecule has 0 nitrogen and oxygen atoms in total. The third-order valence-electron chi connectivity index (χ3n) is 9.54. The van der Waals surface area contributed by atoms with E-state index in [-0.39, 0.29) is 0 Å². The Labute approximate surface area is 257 Å². The summed E-state index contributed by atoms with van der Waals surface area (Å²) >= 11 is 0. The summed E-state index contributed by atoms with van der Waals surface area (Å²) < 4.78 is 0. The minimum atomic E-state index is 0.490. The second-order valence-corrected chi connectivity index (χ2v) is 12.0. The third-order valence-corrected chi connectivity index (χ3v) is 9.54. The van der Waals surface area contributed by atoms with E-state index in [1.54, 1.807) is 0 Å². The first kappa shape index (κ1) is 25.1. The van der Waals surface area contributed by atoms with Crippen molar-refractivity contribution < 1.29 is 0 Å². The molecule has 0 saturated carbocycles. The van der Waals surface area contributed by atoms with Gasteiger partial charge in [-0.2, -0.15) is 0 Å². The first-order valence-corrected chi connectivity index (χ1v) is 15.5. The van der Waals surface area contributed by atoms with Gasteiger partial charge in [-0.05, 0) is 101 Å². The molecule has 0 heterocycles. The van der Waals surface area contributed by atoms with Crippen molar-refractivity contribution in [1.29, 1.82) is 0 Å². The summed E-state index contributed by atoms with van der Waals surface area (Å²) in [5, 5.41) is 10.3. The van der Waals surface area contributed by atoms with Crippen molar-refractivity contribution >= 4 is 48.7 Å². The molecule has 0 radical (unpaired) electrons. The van der Waals surface area contributed by atoms with Crippen LogP contribution in [0, 0.1) is 5.92 Å². The van der Waals surface area contributed by atoms with Gasteiger partial charge in [0, 0.05) is 5.92 Å². The van der Waals surface area contributed by atoms with Crippen LogP contribution in [0.3, 0.4) is 0 Å². The molecule has 0 N–H and O–H groups in total. The summed E-state index contributed by atoms with van der Waals surface area (Å²) in [6, 6.07) is 47.2. The molecule has 44 heavy (non-hydrogen) atoms. The Morgan fingerprint density at radius 1 is 0.455 bits per heavy atom. The second-order valence-electron chi connectivity index (χ2n) is 12.0. The van der Waals surface area contributed by atoms with Crippen LogP contribution in [0.4, 0.5) is 0 Å². The van der Waals surface area contributed by atoms with E-state index in [1.807, 2.05) is 0 Å². The molecular weight excluding hydrogens is 528 g/mol. The lowest BCUT2D eigenvalue weighted by Gasteiger charge is -2.22. The molecule has 1 atom stereocenters. The average molecular weight is 559 g/mol. The summed E-state index contributed by atoms with van der Waals surface area (Å²) in [7, 11) is 0. The summed E-state index contributed by atoms with van der Waals surface area (Å²) in [6.45, 7) is 0. The van der Waals surface area contributed by atoms with Gasteiger partial charge in [-0.3, -0.25) is 0 Å². The van der Waals surface area contributed by atoms with E-state index in [2.05, 4.69) is 164 Å². The zero-order valence-electron chi connectivity index (χ0n) is 24.4. The number of hydrogen-bond acceptors (Lipinski definition) is 0. The van der Waals surface area contributed by atoms with E-state index < -0.39 is 0 Å². The smallest absolute Gasteiger partial charge is 0.00561 e. The standard InChI is InChI=1S/C44H30/c1-2-12-31(13-3-1)43-39-16-8-9-17-40(39)44(36-23-24-38-35(27-36)21-19-30-11-6-7-15-37(30)38)41-25-22-34(28-42(41)43)33-20-18-29-10-4-5-14-32(29)26-33/h1-17,19-29H,18H2. The van der Waals surface area contributed by atoms with Gasteiger partial charge in [-0.15, -0.1) is 0 Å². The minimum Gasteiger partial charge on any atom is -0.0767 e. The lowest BCUT2D eigenvalue weighted by Crippen LogP contribution is -2.05. The van der Waals surface area contributed by atoms with E-state index >= 15 is 0 Å². The molecule has 0 saturated heterocycles. The fourth-order valence-electron chi connectivity index (χ4n) is 7.42. The Bertz CT molecular complexity index is 2400. The first-order valence-electron chi connectivity index (χ1n) is 15.5. The molecule has 7 aromatic carbocycles. The normalized spacial score (nSPS) is 16.0. The number of benzene rings is 7. The maximum atomic E-state index is 2.44. The summed E-state index contributed by atoms with van der Waals surface area (Å²) in [5.41, 5.74) is 9.08. The van der Waals surface area contributed by atoms with E-state index in [0.29, 0.717) is 5.92 Å². The van der Waals surface area contributed by atoms with Crippen molar-refractivity contribution in [3.63, 3.8) is 0 Å². The molecule has 9 rings (SSSR count). The van der Waals surface area contributed by atoms with Gasteiger partial charge >= 0.3 is 0 Å². The number of rotatable bonds is 3. The largest absolute Gasteiger partial charge is 0.0767 e. The molecular formula is C44H30. The molecule has 0 bridgehead atoms. The van der Waals surface area contributed by atoms with Gasteiger partial charge in [0.05, 0.1) is 0 Å². The van der Waals surface area contributed by atoms with Gasteiger partial charge in [0.25, 0.3) is 0 Å². The zero-order valence-corrected chi connectivity index (χ0v) is 24.4. The quantitative estimate of drug-likeness (QED) is 0.149. The van der Waals surface area contributed by atoms with Gasteiger partial charge in [0.15, 0.2) is 0 Å². The zero-order chi connectivity index (χ0) is 29.0. The van der Waals surface area contributed by atoms with Crippen LogP contribution in [0.2, 0.25) is 0 Å². The van der Waals surface area contributed by atoms with Crippen molar-refractivity contribution in [2.24, 2.45) is 5.92 Å². The molecule has 0 heteroatoms. The Kier molecular flexibility index (Phi) is 5.74. The highest BCUT2D eigenvalue weighted by molar-refractivity contribution is 6.22. The van der Waals surface area contributed by atoms with Crippen molar-refractivity contribution in [2.45, 2.75) is 6.42 Å². The number of allylic oxidation sites excluding steroid dienone is 8. The lowest BCUT2D eigenvalue weighted by atomic mass is 9.82. The van der Waals surface area contributed by atoms with Gasteiger partial charge in [0.2, 0.25) is 0 Å². The molecule has 1 unspecified atom stereocenters. The van der Waals surface area contributed by atoms with Crippen LogP contribution in [-0.2, 0) is 0 Å². The Hall–Kier alpha value is -5.46. The predicted molar refractivity (Wildman–Crippen MR) is 190 cm³/mol. The minimum absolute atomic E-state index is 0.490. The third kappa shape index (κ3) is 3.99. The molecule has 206 valence electrons. The van der Waals surface area contributed by atoms with Gasteiger partial charge in [0.1, 0.15) is 0 Å². The monoisotopic (exact) mass is 558 g/mol. The maximum absolute atomic E-state index is 2.44. The first-order chi connectivity index (χ1) is 21.8. The van der Waals surface area contributed by atoms with Gasteiger partial charge in [-0.1, -0.05) is 152 Å². The van der Waals surface area contributed by atoms with Crippen molar-refractivity contribution in [3.8, 4) is 22.3 Å². The molecule has 2 aliphatic carbocycles. The average Bonchev–Trinajstić information content (AvgIpc) is 3.10. The van der Waals surface area contributed by atoms with Crippen LogP contribution in [0.15, 0.2) is 169 Å². The highest BCUT2D eigenvalue weighted by Crippen LogP contribution is 2.45. The Morgan fingerprint density at radius 3 is 1.98 bits per heavy atom. The van der Waals surface area contributed by atoms with Crippen molar-refractivity contribution in [1.82, 2.24) is 0 Å². The summed E-state index contributed by atoms with van der Waals surface area (Å²) in [6.07, 6.45) is 14.7. The van der Waals surface area contributed by atoms with E-state index in [4.69, 9.17) is 0 Å². The molecule has 0 fully saturated rings. The van der Waals surface area contributed by atoms with Crippen LogP contribution in [-0.4, -0.2) is 0 Å². The topological polar surface area (TPSA) is 0 Å². The van der Waals surface area contributed by atoms with Crippen LogP contribution in [0.1, 0.15) is 12.0 Å². The second kappa shape index (κ2) is 10.1. The molecule has 7 aromatic rings. The Balaban J connectivity index is 1.33. The van der Waals surface area contributed by atoms with E-state index in [0.717, 1.165) is 6.42 Å². The SMILES string of the molecule is C1=CC2=CC(c3ccc4c(-c5ccc6c(ccc7ccccc76)c5)c5ccccc5c(-c5ccccc5)c4c3)=CCC2C=C1. The highest BCUT2D eigenvalue weighted by atomic mass is 14.2. The summed E-state index contributed by atoms with van der Waals surface area (Å²) in [4.78, 5) is 0. The van der Waals surface area contributed by atoms with Gasteiger partial charge < -0.3 is 0 Å². The molecule has 0 aliphatic heterocycles. The van der Waals surface area contributed by atoms with E-state index in [9.17, 15) is 0 Å². The van der Waals surface area contributed by atoms with Crippen LogP contribution >= 0.6 is 0 Å². The lowest BCUT2D eigenvalue weighted by molar-refractivity contribution is 0.783. The highest BCUT2D eigenvalue weighted by Gasteiger charge is 2.20.